The first-order valence-electron chi connectivity index (χ1n) is 9.48. The molecule has 5 heteroatoms. The molecular weight excluding hydrogens is 346 g/mol. The van der Waals surface area contributed by atoms with Gasteiger partial charge in [-0.1, -0.05) is 42.5 Å². The van der Waals surface area contributed by atoms with Gasteiger partial charge < -0.3 is 0 Å². The fourth-order valence-electron chi connectivity index (χ4n) is 3.46. The van der Waals surface area contributed by atoms with Gasteiger partial charge in [0.05, 0.1) is 11.4 Å². The molecule has 0 aliphatic rings. The van der Waals surface area contributed by atoms with Gasteiger partial charge in [0.1, 0.15) is 0 Å². The SMILES string of the molecule is Cc1ccc(C)c(-n2cc(CN(C)Cc3ccn[nH]3)c(-c3ccccc3)n2)c1. The molecule has 0 bridgehead atoms. The Labute approximate surface area is 165 Å². The number of nitrogens with zero attached hydrogens (tertiary/aromatic N) is 4. The van der Waals surface area contributed by atoms with Gasteiger partial charge in [-0.3, -0.25) is 10.00 Å². The van der Waals surface area contributed by atoms with Crippen molar-refractivity contribution in [1.82, 2.24) is 24.9 Å². The third kappa shape index (κ3) is 3.89. The van der Waals surface area contributed by atoms with Gasteiger partial charge in [0, 0.05) is 42.3 Å². The van der Waals surface area contributed by atoms with Crippen LogP contribution in [0.2, 0.25) is 0 Å². The molecule has 4 aromatic rings. The van der Waals surface area contributed by atoms with Gasteiger partial charge in [-0.05, 0) is 44.2 Å². The summed E-state index contributed by atoms with van der Waals surface area (Å²) >= 11 is 0. The largest absolute Gasteiger partial charge is 0.296 e. The highest BCUT2D eigenvalue weighted by Crippen LogP contribution is 2.26. The number of hydrogen-bond donors (Lipinski definition) is 1. The Morgan fingerprint density at radius 3 is 2.57 bits per heavy atom. The highest BCUT2D eigenvalue weighted by atomic mass is 15.3. The molecule has 0 saturated carbocycles. The molecule has 0 saturated heterocycles. The van der Waals surface area contributed by atoms with Crippen molar-refractivity contribution in [3.05, 3.63) is 89.4 Å². The van der Waals surface area contributed by atoms with E-state index in [0.29, 0.717) is 0 Å². The van der Waals surface area contributed by atoms with Gasteiger partial charge in [-0.15, -0.1) is 0 Å². The zero-order chi connectivity index (χ0) is 19.5. The van der Waals surface area contributed by atoms with Crippen LogP contribution in [0.4, 0.5) is 0 Å². The predicted molar refractivity (Wildman–Crippen MR) is 112 cm³/mol. The standard InChI is InChI=1S/C23H25N5/c1-17-9-10-18(2)22(13-17)28-15-20(14-27(3)16-21-11-12-24-25-21)23(26-28)19-7-5-4-6-8-19/h4-13,15H,14,16H2,1-3H3,(H,24,25). The van der Waals surface area contributed by atoms with Crippen molar-refractivity contribution in [2.75, 3.05) is 7.05 Å². The molecule has 2 aromatic carbocycles. The van der Waals surface area contributed by atoms with Crippen molar-refractivity contribution in [2.24, 2.45) is 0 Å². The van der Waals surface area contributed by atoms with E-state index in [4.69, 9.17) is 5.10 Å². The van der Waals surface area contributed by atoms with Crippen LogP contribution in [0, 0.1) is 13.8 Å². The molecule has 0 atom stereocenters. The molecule has 28 heavy (non-hydrogen) atoms. The Kier molecular flexibility index (Phi) is 5.08. The summed E-state index contributed by atoms with van der Waals surface area (Å²) in [5, 5.41) is 12.0. The molecule has 142 valence electrons. The Morgan fingerprint density at radius 2 is 1.82 bits per heavy atom. The first-order valence-corrected chi connectivity index (χ1v) is 9.48. The summed E-state index contributed by atoms with van der Waals surface area (Å²) in [5.41, 5.74) is 8.04. The van der Waals surface area contributed by atoms with Gasteiger partial charge in [-0.25, -0.2) is 4.68 Å². The molecule has 2 heterocycles. The highest BCUT2D eigenvalue weighted by Gasteiger charge is 2.15. The Morgan fingerprint density at radius 1 is 1.00 bits per heavy atom. The first kappa shape index (κ1) is 18.2. The van der Waals surface area contributed by atoms with Crippen LogP contribution in [-0.2, 0) is 13.1 Å². The fraction of sp³-hybridized carbons (Fsp3) is 0.217. The molecule has 2 aromatic heterocycles. The molecule has 4 rings (SSSR count). The summed E-state index contributed by atoms with van der Waals surface area (Å²) in [6.45, 7) is 5.85. The smallest absolute Gasteiger partial charge is 0.0972 e. The zero-order valence-electron chi connectivity index (χ0n) is 16.6. The lowest BCUT2D eigenvalue weighted by Crippen LogP contribution is -2.17. The number of aromatic nitrogens is 4. The average Bonchev–Trinajstić information content (AvgIpc) is 3.34. The van der Waals surface area contributed by atoms with Crippen LogP contribution >= 0.6 is 0 Å². The lowest BCUT2D eigenvalue weighted by atomic mass is 10.1. The minimum Gasteiger partial charge on any atom is -0.296 e. The fourth-order valence-corrected chi connectivity index (χ4v) is 3.46. The van der Waals surface area contributed by atoms with Crippen molar-refractivity contribution >= 4 is 0 Å². The summed E-state index contributed by atoms with van der Waals surface area (Å²) in [4.78, 5) is 2.27. The molecule has 0 amide bonds. The van der Waals surface area contributed by atoms with E-state index in [2.05, 4.69) is 84.7 Å². The molecule has 0 unspecified atom stereocenters. The number of benzene rings is 2. The highest BCUT2D eigenvalue weighted by molar-refractivity contribution is 5.63. The van der Waals surface area contributed by atoms with Gasteiger partial charge in [0.2, 0.25) is 0 Å². The zero-order valence-corrected chi connectivity index (χ0v) is 16.6. The topological polar surface area (TPSA) is 49.7 Å². The van der Waals surface area contributed by atoms with E-state index in [0.717, 1.165) is 35.7 Å². The van der Waals surface area contributed by atoms with E-state index in [1.807, 2.05) is 16.8 Å². The van der Waals surface area contributed by atoms with Crippen LogP contribution in [0.5, 0.6) is 0 Å². The van der Waals surface area contributed by atoms with E-state index in [-0.39, 0.29) is 0 Å². The summed E-state index contributed by atoms with van der Waals surface area (Å²) < 4.78 is 2.02. The maximum absolute atomic E-state index is 4.97. The maximum atomic E-state index is 4.97. The number of nitrogens with one attached hydrogen (secondary N) is 1. The quantitative estimate of drug-likeness (QED) is 0.542. The molecule has 0 aliphatic heterocycles. The van der Waals surface area contributed by atoms with Crippen molar-refractivity contribution in [3.8, 4) is 16.9 Å². The monoisotopic (exact) mass is 371 g/mol. The van der Waals surface area contributed by atoms with Gasteiger partial charge >= 0.3 is 0 Å². The number of hydrogen-bond acceptors (Lipinski definition) is 3. The van der Waals surface area contributed by atoms with Crippen LogP contribution in [0.3, 0.4) is 0 Å². The first-order chi connectivity index (χ1) is 13.6. The molecular formula is C23H25N5. The van der Waals surface area contributed by atoms with Gasteiger partial charge in [-0.2, -0.15) is 10.2 Å². The second kappa shape index (κ2) is 7.82. The minimum absolute atomic E-state index is 0.800. The van der Waals surface area contributed by atoms with Crippen LogP contribution in [0.1, 0.15) is 22.4 Å². The Hall–Kier alpha value is -3.18. The number of rotatable bonds is 6. The normalized spacial score (nSPS) is 11.3. The molecule has 0 fully saturated rings. The number of aromatic amines is 1. The number of aryl methyl sites for hydroxylation is 2. The Balaban J connectivity index is 1.71. The van der Waals surface area contributed by atoms with Crippen molar-refractivity contribution in [3.63, 3.8) is 0 Å². The van der Waals surface area contributed by atoms with Gasteiger partial charge in [0.15, 0.2) is 0 Å². The van der Waals surface area contributed by atoms with E-state index >= 15 is 0 Å². The second-order valence-corrected chi connectivity index (χ2v) is 7.36. The van der Waals surface area contributed by atoms with E-state index in [9.17, 15) is 0 Å². The summed E-state index contributed by atoms with van der Waals surface area (Å²) in [7, 11) is 2.12. The third-order valence-corrected chi connectivity index (χ3v) is 4.89. The van der Waals surface area contributed by atoms with Crippen molar-refractivity contribution in [1.29, 1.82) is 0 Å². The molecule has 0 aliphatic carbocycles. The third-order valence-electron chi connectivity index (χ3n) is 4.89. The van der Waals surface area contributed by atoms with E-state index in [1.165, 1.54) is 16.7 Å². The summed E-state index contributed by atoms with van der Waals surface area (Å²) in [6, 6.07) is 18.9. The van der Waals surface area contributed by atoms with Crippen molar-refractivity contribution in [2.45, 2.75) is 26.9 Å². The lowest BCUT2D eigenvalue weighted by Gasteiger charge is -2.15. The summed E-state index contributed by atoms with van der Waals surface area (Å²) in [6.07, 6.45) is 3.95. The van der Waals surface area contributed by atoms with Gasteiger partial charge in [0.25, 0.3) is 0 Å². The average molecular weight is 371 g/mol. The van der Waals surface area contributed by atoms with Crippen LogP contribution in [0.25, 0.3) is 16.9 Å². The number of H-pyrrole nitrogens is 1. The van der Waals surface area contributed by atoms with Crippen LogP contribution in [-0.4, -0.2) is 31.9 Å². The second-order valence-electron chi connectivity index (χ2n) is 7.36. The molecule has 1 N–H and O–H groups in total. The van der Waals surface area contributed by atoms with Crippen molar-refractivity contribution < 1.29 is 0 Å². The summed E-state index contributed by atoms with van der Waals surface area (Å²) in [5.74, 6) is 0. The maximum Gasteiger partial charge on any atom is 0.0972 e. The van der Waals surface area contributed by atoms with Crippen LogP contribution < -0.4 is 0 Å². The lowest BCUT2D eigenvalue weighted by molar-refractivity contribution is 0.315. The van der Waals surface area contributed by atoms with E-state index in [1.54, 1.807) is 6.20 Å². The molecule has 5 nitrogen and oxygen atoms in total. The molecule has 0 radical (unpaired) electrons. The van der Waals surface area contributed by atoms with E-state index < -0.39 is 0 Å². The predicted octanol–water partition coefficient (Wildman–Crippen LogP) is 4.51. The van der Waals surface area contributed by atoms with Crippen LogP contribution in [0.15, 0.2) is 67.0 Å². The Bertz CT molecular complexity index is 1050. The minimum atomic E-state index is 0.800. The molecule has 0 spiro atoms.